The molecule has 0 bridgehead atoms. The van der Waals surface area contributed by atoms with E-state index in [9.17, 15) is 4.79 Å². The summed E-state index contributed by atoms with van der Waals surface area (Å²) in [4.78, 5) is 12.7. The molecule has 1 atom stereocenters. The second kappa shape index (κ2) is 6.78. The van der Waals surface area contributed by atoms with Crippen LogP contribution in [0.5, 0.6) is 0 Å². The molecule has 134 valence electrons. The Morgan fingerprint density at radius 2 is 2.00 bits per heavy atom. The van der Waals surface area contributed by atoms with E-state index in [1.165, 1.54) is 0 Å². The van der Waals surface area contributed by atoms with Crippen molar-refractivity contribution >= 4 is 5.91 Å². The molecule has 1 aliphatic rings. The average Bonchev–Trinajstić information content (AvgIpc) is 3.31. The largest absolute Gasteiger partial charge is 0.347 e. The van der Waals surface area contributed by atoms with Crippen LogP contribution in [0.3, 0.4) is 0 Å². The summed E-state index contributed by atoms with van der Waals surface area (Å²) in [6.45, 7) is 4.97. The van der Waals surface area contributed by atoms with Crippen molar-refractivity contribution < 1.29 is 4.79 Å². The van der Waals surface area contributed by atoms with Gasteiger partial charge >= 0.3 is 0 Å². The third kappa shape index (κ3) is 3.14. The number of carbonyl (C=O) groups is 1. The third-order valence-corrected chi connectivity index (χ3v) is 4.84. The first kappa shape index (κ1) is 16.6. The number of aromatic nitrogens is 4. The van der Waals surface area contributed by atoms with Crippen LogP contribution in [-0.4, -0.2) is 31.3 Å². The summed E-state index contributed by atoms with van der Waals surface area (Å²) in [5.41, 5.74) is 1.66. The van der Waals surface area contributed by atoms with Crippen molar-refractivity contribution in [3.63, 3.8) is 0 Å². The molecule has 0 fully saturated rings. The Kier molecular flexibility index (Phi) is 4.32. The van der Waals surface area contributed by atoms with E-state index in [2.05, 4.69) is 33.9 Å². The van der Waals surface area contributed by atoms with Gasteiger partial charge in [-0.1, -0.05) is 19.9 Å². The second-order valence-corrected chi connectivity index (χ2v) is 7.09. The van der Waals surface area contributed by atoms with E-state index in [0.29, 0.717) is 11.5 Å². The fourth-order valence-corrected chi connectivity index (χ4v) is 3.48. The fraction of sp³-hybridized carbons (Fsp3) is 0.350. The zero-order valence-corrected chi connectivity index (χ0v) is 15.1. The Labute approximate surface area is 152 Å². The summed E-state index contributed by atoms with van der Waals surface area (Å²) in [5.74, 6) is 2.30. The van der Waals surface area contributed by atoms with Crippen LogP contribution in [0.2, 0.25) is 0 Å². The van der Waals surface area contributed by atoms with Crippen LogP contribution in [0.15, 0.2) is 48.8 Å². The minimum atomic E-state index is -0.0355. The molecule has 3 aromatic rings. The van der Waals surface area contributed by atoms with Gasteiger partial charge in [0.2, 0.25) is 0 Å². The van der Waals surface area contributed by atoms with Gasteiger partial charge < -0.3 is 14.5 Å². The number of amides is 1. The number of rotatable bonds is 4. The lowest BCUT2D eigenvalue weighted by molar-refractivity contribution is 0.0927. The van der Waals surface area contributed by atoms with Gasteiger partial charge in [0, 0.05) is 48.6 Å². The first-order valence-corrected chi connectivity index (χ1v) is 9.08. The van der Waals surface area contributed by atoms with Crippen molar-refractivity contribution in [2.24, 2.45) is 0 Å². The van der Waals surface area contributed by atoms with Crippen LogP contribution in [-0.2, 0) is 13.0 Å². The predicted molar refractivity (Wildman–Crippen MR) is 99.5 cm³/mol. The molecule has 1 aromatic carbocycles. The first-order chi connectivity index (χ1) is 12.6. The van der Waals surface area contributed by atoms with Crippen LogP contribution < -0.4 is 5.32 Å². The molecule has 1 N–H and O–H groups in total. The summed E-state index contributed by atoms with van der Waals surface area (Å²) < 4.78 is 4.16. The highest BCUT2D eigenvalue weighted by molar-refractivity contribution is 5.94. The molecule has 2 aromatic heterocycles. The van der Waals surface area contributed by atoms with Gasteiger partial charge in [-0.25, -0.2) is 0 Å². The van der Waals surface area contributed by atoms with Crippen LogP contribution in [0, 0.1) is 0 Å². The minimum absolute atomic E-state index is 0.0355. The SMILES string of the molecule is CC(C)c1nnc2n1C[C@@H](NC(=O)c1cccc(-n3cccc3)c1)CC2. The van der Waals surface area contributed by atoms with Crippen molar-refractivity contribution in [1.29, 1.82) is 0 Å². The molecule has 4 rings (SSSR count). The normalized spacial score (nSPS) is 16.5. The smallest absolute Gasteiger partial charge is 0.251 e. The molecular weight excluding hydrogens is 326 g/mol. The number of fused-ring (bicyclic) bond motifs is 1. The number of nitrogens with zero attached hydrogens (tertiary/aromatic N) is 4. The van der Waals surface area contributed by atoms with Gasteiger partial charge in [0.05, 0.1) is 0 Å². The molecule has 26 heavy (non-hydrogen) atoms. The number of benzene rings is 1. The lowest BCUT2D eigenvalue weighted by Crippen LogP contribution is -2.41. The molecule has 6 heteroatoms. The zero-order chi connectivity index (χ0) is 18.1. The Morgan fingerprint density at radius 1 is 1.19 bits per heavy atom. The third-order valence-electron chi connectivity index (χ3n) is 4.84. The monoisotopic (exact) mass is 349 g/mol. The van der Waals surface area contributed by atoms with Gasteiger partial charge in [0.1, 0.15) is 11.6 Å². The number of aryl methyl sites for hydroxylation is 1. The van der Waals surface area contributed by atoms with Crippen LogP contribution in [0.25, 0.3) is 5.69 Å². The Bertz CT molecular complexity index is 910. The molecule has 0 radical (unpaired) electrons. The maximum absolute atomic E-state index is 12.7. The molecule has 0 saturated carbocycles. The highest BCUT2D eigenvalue weighted by Gasteiger charge is 2.25. The van der Waals surface area contributed by atoms with Crippen LogP contribution in [0.4, 0.5) is 0 Å². The van der Waals surface area contributed by atoms with Crippen molar-refractivity contribution in [2.75, 3.05) is 0 Å². The van der Waals surface area contributed by atoms with Crippen molar-refractivity contribution in [2.45, 2.75) is 45.2 Å². The quantitative estimate of drug-likeness (QED) is 0.788. The molecular formula is C20H23N5O. The molecule has 0 unspecified atom stereocenters. The minimum Gasteiger partial charge on any atom is -0.347 e. The molecule has 0 aliphatic carbocycles. The van der Waals surface area contributed by atoms with E-state index in [1.807, 2.05) is 53.4 Å². The maximum atomic E-state index is 12.7. The lowest BCUT2D eigenvalue weighted by atomic mass is 10.1. The number of carbonyl (C=O) groups excluding carboxylic acids is 1. The Hall–Kier alpha value is -2.89. The average molecular weight is 349 g/mol. The van der Waals surface area contributed by atoms with Gasteiger partial charge in [0.25, 0.3) is 5.91 Å². The Balaban J connectivity index is 1.49. The molecule has 0 saturated heterocycles. The summed E-state index contributed by atoms with van der Waals surface area (Å²) >= 11 is 0. The summed E-state index contributed by atoms with van der Waals surface area (Å²) in [6, 6.07) is 11.7. The molecule has 1 amide bonds. The standard InChI is InChI=1S/C20H23N5O/c1-14(2)19-23-22-18-9-8-16(13-25(18)19)21-20(26)15-6-5-7-17(12-15)24-10-3-4-11-24/h3-7,10-12,14,16H,8-9,13H2,1-2H3,(H,21,26)/t16-/m0/s1. The van der Waals surface area contributed by atoms with Gasteiger partial charge in [-0.05, 0) is 36.8 Å². The van der Waals surface area contributed by atoms with E-state index in [0.717, 1.165) is 36.7 Å². The van der Waals surface area contributed by atoms with Crippen LogP contribution in [0.1, 0.15) is 48.2 Å². The molecule has 0 spiro atoms. The number of nitrogens with one attached hydrogen (secondary N) is 1. The Morgan fingerprint density at radius 3 is 2.77 bits per heavy atom. The van der Waals surface area contributed by atoms with Crippen LogP contribution >= 0.6 is 0 Å². The van der Waals surface area contributed by atoms with E-state index in [4.69, 9.17) is 0 Å². The number of hydrogen-bond donors (Lipinski definition) is 1. The van der Waals surface area contributed by atoms with E-state index in [-0.39, 0.29) is 11.9 Å². The maximum Gasteiger partial charge on any atom is 0.251 e. The lowest BCUT2D eigenvalue weighted by Gasteiger charge is -2.26. The van der Waals surface area contributed by atoms with E-state index >= 15 is 0 Å². The van der Waals surface area contributed by atoms with Gasteiger partial charge in [-0.3, -0.25) is 4.79 Å². The first-order valence-electron chi connectivity index (χ1n) is 9.08. The highest BCUT2D eigenvalue weighted by atomic mass is 16.1. The van der Waals surface area contributed by atoms with Crippen molar-refractivity contribution in [1.82, 2.24) is 24.6 Å². The van der Waals surface area contributed by atoms with Gasteiger partial charge in [0.15, 0.2) is 0 Å². The fourth-order valence-electron chi connectivity index (χ4n) is 3.48. The predicted octanol–water partition coefficient (Wildman–Crippen LogP) is 2.94. The van der Waals surface area contributed by atoms with E-state index in [1.54, 1.807) is 0 Å². The second-order valence-electron chi connectivity index (χ2n) is 7.09. The summed E-state index contributed by atoms with van der Waals surface area (Å²) in [7, 11) is 0. The van der Waals surface area contributed by atoms with Gasteiger partial charge in [-0.2, -0.15) is 0 Å². The zero-order valence-electron chi connectivity index (χ0n) is 15.1. The highest BCUT2D eigenvalue weighted by Crippen LogP contribution is 2.20. The van der Waals surface area contributed by atoms with Gasteiger partial charge in [-0.15, -0.1) is 10.2 Å². The topological polar surface area (TPSA) is 64.7 Å². The van der Waals surface area contributed by atoms with E-state index < -0.39 is 0 Å². The molecule has 3 heterocycles. The number of hydrogen-bond acceptors (Lipinski definition) is 3. The molecule has 1 aliphatic heterocycles. The summed E-state index contributed by atoms with van der Waals surface area (Å²) in [5, 5.41) is 11.8. The summed E-state index contributed by atoms with van der Waals surface area (Å²) in [6.07, 6.45) is 5.67. The van der Waals surface area contributed by atoms with Crippen molar-refractivity contribution in [3.05, 3.63) is 66.0 Å². The van der Waals surface area contributed by atoms with Crippen molar-refractivity contribution in [3.8, 4) is 5.69 Å². The molecule has 6 nitrogen and oxygen atoms in total.